The van der Waals surface area contributed by atoms with Crippen LogP contribution in [0.15, 0.2) is 18.2 Å². The minimum atomic E-state index is -0.808. The number of amides is 2. The van der Waals surface area contributed by atoms with Gasteiger partial charge in [0.05, 0.1) is 18.3 Å². The lowest BCUT2D eigenvalue weighted by Gasteiger charge is -2.32. The Kier molecular flexibility index (Phi) is 17.9. The average Bonchev–Trinajstić information content (AvgIpc) is 3.02. The van der Waals surface area contributed by atoms with Gasteiger partial charge in [-0.25, -0.2) is 0 Å². The Labute approximate surface area is 273 Å². The second-order valence-electron chi connectivity index (χ2n) is 13.7. The summed E-state index contributed by atoms with van der Waals surface area (Å²) in [5, 5.41) is 14.1. The summed E-state index contributed by atoms with van der Waals surface area (Å²) in [6.45, 7) is 14.8. The summed E-state index contributed by atoms with van der Waals surface area (Å²) >= 11 is 0. The Bertz CT molecular complexity index is 998. The lowest BCUT2D eigenvalue weighted by Crippen LogP contribution is -2.44. The van der Waals surface area contributed by atoms with Gasteiger partial charge in [0, 0.05) is 70.7 Å². The summed E-state index contributed by atoms with van der Waals surface area (Å²) < 4.78 is 11.4. The van der Waals surface area contributed by atoms with Gasteiger partial charge >= 0.3 is 0 Å². The predicted molar refractivity (Wildman–Crippen MR) is 184 cm³/mol. The van der Waals surface area contributed by atoms with Crippen molar-refractivity contribution >= 4 is 17.5 Å². The van der Waals surface area contributed by atoms with Crippen molar-refractivity contribution < 1.29 is 24.2 Å². The van der Waals surface area contributed by atoms with Crippen molar-refractivity contribution in [1.82, 2.24) is 10.2 Å². The number of piperidine rings is 1. The van der Waals surface area contributed by atoms with E-state index in [0.29, 0.717) is 50.5 Å². The highest BCUT2D eigenvalue weighted by molar-refractivity contribution is 5.97. The van der Waals surface area contributed by atoms with E-state index in [9.17, 15) is 14.7 Å². The van der Waals surface area contributed by atoms with Crippen molar-refractivity contribution in [3.8, 4) is 5.75 Å². The number of nitrogens with two attached hydrogens (primary N) is 1. The van der Waals surface area contributed by atoms with Crippen molar-refractivity contribution in [2.75, 3.05) is 58.5 Å². The minimum Gasteiger partial charge on any atom is -0.493 e. The molecule has 1 fully saturated rings. The molecule has 0 unspecified atom stereocenters. The highest BCUT2D eigenvalue weighted by Gasteiger charge is 2.31. The van der Waals surface area contributed by atoms with Crippen LogP contribution in [0.3, 0.4) is 0 Å². The molecule has 1 aliphatic heterocycles. The van der Waals surface area contributed by atoms with E-state index in [1.54, 1.807) is 12.0 Å². The fraction of sp³-hybridized carbons (Fsp3) is 0.778. The molecule has 4 atom stereocenters. The molecular weight excluding hydrogens is 568 g/mol. The third-order valence-corrected chi connectivity index (χ3v) is 9.25. The third-order valence-electron chi connectivity index (χ3n) is 9.25. The number of unbranched alkanes of at least 4 members (excludes halogenated alkanes) is 2. The van der Waals surface area contributed by atoms with E-state index in [1.807, 2.05) is 39.1 Å². The molecule has 0 saturated carbocycles. The summed E-state index contributed by atoms with van der Waals surface area (Å²) in [6.07, 6.45) is 7.37. The van der Waals surface area contributed by atoms with Crippen LogP contribution in [0, 0.1) is 23.7 Å². The average molecular weight is 633 g/mol. The molecule has 1 aromatic carbocycles. The zero-order valence-corrected chi connectivity index (χ0v) is 29.4. The number of hydrogen-bond acceptors (Lipinski definition) is 7. The smallest absolute Gasteiger partial charge is 0.257 e. The van der Waals surface area contributed by atoms with Gasteiger partial charge in [-0.2, -0.15) is 0 Å². The Morgan fingerprint density at radius 1 is 1.02 bits per heavy atom. The number of hydrogen-bond donors (Lipinski definition) is 3. The molecule has 45 heavy (non-hydrogen) atoms. The van der Waals surface area contributed by atoms with E-state index < -0.39 is 12.1 Å². The van der Waals surface area contributed by atoms with Gasteiger partial charge in [0.25, 0.3) is 5.91 Å². The Balaban J connectivity index is 2.11. The van der Waals surface area contributed by atoms with Crippen LogP contribution in [0.1, 0.15) is 103 Å². The van der Waals surface area contributed by atoms with Crippen LogP contribution in [0.4, 0.5) is 5.69 Å². The largest absolute Gasteiger partial charge is 0.493 e. The molecule has 2 amide bonds. The van der Waals surface area contributed by atoms with Gasteiger partial charge in [0.2, 0.25) is 5.91 Å². The van der Waals surface area contributed by atoms with E-state index in [0.717, 1.165) is 44.5 Å². The van der Waals surface area contributed by atoms with Crippen molar-refractivity contribution in [2.24, 2.45) is 29.4 Å². The predicted octanol–water partition coefficient (Wildman–Crippen LogP) is 5.48. The monoisotopic (exact) mass is 632 g/mol. The minimum absolute atomic E-state index is 0.0153. The number of aliphatic hydroxyl groups is 1. The number of aliphatic hydroxyl groups excluding tert-OH is 1. The first-order valence-electron chi connectivity index (χ1n) is 17.5. The molecule has 0 spiro atoms. The van der Waals surface area contributed by atoms with Crippen molar-refractivity contribution in [3.63, 3.8) is 0 Å². The normalized spacial score (nSPS) is 16.4. The summed E-state index contributed by atoms with van der Waals surface area (Å²) in [5.41, 5.74) is 8.23. The topological polar surface area (TPSA) is 117 Å². The van der Waals surface area contributed by atoms with Gasteiger partial charge in [-0.05, 0) is 81.3 Å². The van der Waals surface area contributed by atoms with Crippen LogP contribution in [-0.4, -0.2) is 87.5 Å². The summed E-state index contributed by atoms with van der Waals surface area (Å²) in [7, 11) is 3.53. The maximum absolute atomic E-state index is 13.9. The molecule has 0 aromatic heterocycles. The maximum atomic E-state index is 13.9. The standard InChI is InChI=1S/C36H64N4O5/c1-8-9-17-38-35(42)31(27(4)5)24-33(41)32(37)22-28(26(2)3)25-39(6)36(43)30-16-15-29(40-18-11-10-12-19-40)23-34(30)45-21-14-13-20-44-7/h15-16,23,26-28,31-33,41H,8-14,17-22,24-25,37H2,1-7H3,(H,38,42)/t28-,31+,32+,33+/m1/s1. The lowest BCUT2D eigenvalue weighted by atomic mass is 9.83. The molecule has 4 N–H and O–H groups in total. The number of methoxy groups -OCH3 is 1. The third kappa shape index (κ3) is 13.1. The van der Waals surface area contributed by atoms with Crippen LogP contribution in [0.5, 0.6) is 5.75 Å². The second kappa shape index (κ2) is 20.7. The number of ether oxygens (including phenoxy) is 2. The van der Waals surface area contributed by atoms with E-state index >= 15 is 0 Å². The molecule has 1 saturated heterocycles. The highest BCUT2D eigenvalue weighted by Crippen LogP contribution is 2.30. The number of rotatable bonds is 21. The van der Waals surface area contributed by atoms with E-state index in [2.05, 4.69) is 31.0 Å². The van der Waals surface area contributed by atoms with Gasteiger partial charge in [-0.3, -0.25) is 9.59 Å². The van der Waals surface area contributed by atoms with E-state index in [-0.39, 0.29) is 35.5 Å². The molecular formula is C36H64N4O5. The van der Waals surface area contributed by atoms with Gasteiger partial charge in [0.15, 0.2) is 0 Å². The van der Waals surface area contributed by atoms with Crippen LogP contribution in [0.2, 0.25) is 0 Å². The first-order valence-corrected chi connectivity index (χ1v) is 17.5. The number of carbonyl (C=O) groups excluding carboxylic acids is 2. The number of anilines is 1. The lowest BCUT2D eigenvalue weighted by molar-refractivity contribution is -0.127. The molecule has 1 aliphatic rings. The zero-order valence-electron chi connectivity index (χ0n) is 29.4. The van der Waals surface area contributed by atoms with Crippen molar-refractivity contribution in [3.05, 3.63) is 23.8 Å². The van der Waals surface area contributed by atoms with Crippen LogP contribution < -0.4 is 20.7 Å². The zero-order chi connectivity index (χ0) is 33.4. The number of carbonyl (C=O) groups is 2. The molecule has 1 heterocycles. The molecule has 9 heteroatoms. The molecule has 0 bridgehead atoms. The van der Waals surface area contributed by atoms with Crippen molar-refractivity contribution in [2.45, 2.75) is 105 Å². The summed E-state index contributed by atoms with van der Waals surface area (Å²) in [4.78, 5) is 30.8. The fourth-order valence-corrected chi connectivity index (χ4v) is 6.03. The van der Waals surface area contributed by atoms with Gasteiger partial charge in [0.1, 0.15) is 5.75 Å². The molecule has 258 valence electrons. The number of benzene rings is 1. The maximum Gasteiger partial charge on any atom is 0.257 e. The SMILES string of the molecule is CCCCNC(=O)[C@@H](C[C@H](O)[C@@H](N)C[C@H](CN(C)C(=O)c1ccc(N2CCCCC2)cc1OCCCCOC)C(C)C)C(C)C. The van der Waals surface area contributed by atoms with Crippen LogP contribution in [0.25, 0.3) is 0 Å². The molecule has 1 aromatic rings. The Morgan fingerprint density at radius 3 is 2.33 bits per heavy atom. The van der Waals surface area contributed by atoms with E-state index in [4.69, 9.17) is 15.2 Å². The quantitative estimate of drug-likeness (QED) is 0.154. The van der Waals surface area contributed by atoms with Crippen LogP contribution in [-0.2, 0) is 9.53 Å². The molecule has 9 nitrogen and oxygen atoms in total. The first kappa shape index (κ1) is 38.8. The van der Waals surface area contributed by atoms with Crippen LogP contribution >= 0.6 is 0 Å². The van der Waals surface area contributed by atoms with Gasteiger partial charge < -0.3 is 35.4 Å². The molecule has 0 aliphatic carbocycles. The Morgan fingerprint density at radius 2 is 1.71 bits per heavy atom. The van der Waals surface area contributed by atoms with Gasteiger partial charge in [-0.1, -0.05) is 41.0 Å². The Hall–Kier alpha value is -2.36. The summed E-state index contributed by atoms with van der Waals surface area (Å²) in [6, 6.07) is 5.48. The highest BCUT2D eigenvalue weighted by atomic mass is 16.5. The first-order chi connectivity index (χ1) is 21.5. The number of nitrogens with one attached hydrogen (secondary N) is 1. The van der Waals surface area contributed by atoms with Gasteiger partial charge in [-0.15, -0.1) is 0 Å². The molecule has 0 radical (unpaired) electrons. The number of nitrogens with zero attached hydrogens (tertiary/aromatic N) is 2. The molecule has 2 rings (SSSR count). The fourth-order valence-electron chi connectivity index (χ4n) is 6.03. The second-order valence-corrected chi connectivity index (χ2v) is 13.7. The van der Waals surface area contributed by atoms with E-state index in [1.165, 1.54) is 19.3 Å². The van der Waals surface area contributed by atoms with Crippen molar-refractivity contribution in [1.29, 1.82) is 0 Å². The summed E-state index contributed by atoms with van der Waals surface area (Å²) in [5.74, 6) is 0.632.